The van der Waals surface area contributed by atoms with Crippen LogP contribution in [0.25, 0.3) is 0 Å². The molecule has 6 nitrogen and oxygen atoms in total. The van der Waals surface area contributed by atoms with Crippen LogP contribution in [-0.2, 0) is 4.79 Å². The summed E-state index contributed by atoms with van der Waals surface area (Å²) in [5.41, 5.74) is 0.388. The number of nitrogens with zero attached hydrogens (tertiary/aromatic N) is 4. The van der Waals surface area contributed by atoms with E-state index in [0.717, 1.165) is 18.7 Å². The first kappa shape index (κ1) is 13.3. The van der Waals surface area contributed by atoms with Crippen molar-refractivity contribution >= 4 is 11.7 Å². The molecule has 0 atom stereocenters. The van der Waals surface area contributed by atoms with Crippen LogP contribution < -0.4 is 10.2 Å². The molecule has 0 unspecified atom stereocenters. The molecule has 1 fully saturated rings. The lowest BCUT2D eigenvalue weighted by Crippen LogP contribution is -2.27. The van der Waals surface area contributed by atoms with Gasteiger partial charge >= 0.3 is 0 Å². The van der Waals surface area contributed by atoms with Crippen molar-refractivity contribution in [3.05, 3.63) is 17.6 Å². The molecule has 0 bridgehead atoms. The molecule has 100 valence electrons. The number of anilines is 1. The maximum atomic E-state index is 11.2. The smallest absolute Gasteiger partial charge is 0.221 e. The molecule has 0 radical (unpaired) electrons. The number of rotatable bonds is 5. The van der Waals surface area contributed by atoms with Crippen molar-refractivity contribution in [3.8, 4) is 6.07 Å². The number of hydrogen-bond donors (Lipinski definition) is 1. The topological polar surface area (TPSA) is 81.9 Å². The lowest BCUT2D eigenvalue weighted by atomic mass is 10.3. The predicted molar refractivity (Wildman–Crippen MR) is 70.7 cm³/mol. The lowest BCUT2D eigenvalue weighted by Gasteiger charge is -2.18. The van der Waals surface area contributed by atoms with E-state index in [0.29, 0.717) is 30.4 Å². The fourth-order valence-electron chi connectivity index (χ4n) is 1.74. The van der Waals surface area contributed by atoms with Crippen LogP contribution in [0.2, 0.25) is 0 Å². The molecule has 1 N–H and O–H groups in total. The molecule has 0 aromatic carbocycles. The van der Waals surface area contributed by atoms with E-state index in [1.165, 1.54) is 0 Å². The van der Waals surface area contributed by atoms with Crippen LogP contribution in [0.5, 0.6) is 0 Å². The number of nitrogens with one attached hydrogen (secondary N) is 1. The van der Waals surface area contributed by atoms with Crippen LogP contribution in [0, 0.1) is 11.3 Å². The van der Waals surface area contributed by atoms with Gasteiger partial charge in [0.2, 0.25) is 5.91 Å². The molecule has 0 spiro atoms. The monoisotopic (exact) mass is 259 g/mol. The van der Waals surface area contributed by atoms with Crippen LogP contribution in [0.15, 0.2) is 6.07 Å². The quantitative estimate of drug-likeness (QED) is 0.845. The van der Waals surface area contributed by atoms with E-state index in [-0.39, 0.29) is 5.91 Å². The summed E-state index contributed by atoms with van der Waals surface area (Å²) in [5.74, 6) is 1.85. The number of carbonyl (C=O) groups excluding carboxylic acids is 1. The van der Waals surface area contributed by atoms with Crippen LogP contribution in [0.4, 0.5) is 5.82 Å². The summed E-state index contributed by atoms with van der Waals surface area (Å²) in [6.45, 7) is 0.561. The van der Waals surface area contributed by atoms with Gasteiger partial charge in [0.1, 0.15) is 23.4 Å². The fraction of sp³-hybridized carbons (Fsp3) is 0.538. The highest BCUT2D eigenvalue weighted by Crippen LogP contribution is 2.38. The number of aromatic nitrogens is 2. The Bertz CT molecular complexity index is 518. The van der Waals surface area contributed by atoms with Gasteiger partial charge in [0.05, 0.1) is 0 Å². The Labute approximate surface area is 112 Å². The second-order valence-corrected chi connectivity index (χ2v) is 4.70. The fourth-order valence-corrected chi connectivity index (χ4v) is 1.74. The molecule has 1 aliphatic carbocycles. The van der Waals surface area contributed by atoms with Crippen molar-refractivity contribution < 1.29 is 4.79 Å². The highest BCUT2D eigenvalue weighted by Gasteiger charge is 2.27. The van der Waals surface area contributed by atoms with Gasteiger partial charge in [0, 0.05) is 39.0 Å². The third kappa shape index (κ3) is 3.41. The van der Waals surface area contributed by atoms with Crippen LogP contribution in [-0.4, -0.2) is 36.5 Å². The van der Waals surface area contributed by atoms with E-state index < -0.39 is 0 Å². The molecule has 1 amide bonds. The SMILES string of the molecule is CNC(=O)CCN(C)c1cc(C#N)nc(C2CC2)n1. The minimum absolute atomic E-state index is 0.0103. The highest BCUT2D eigenvalue weighted by molar-refractivity contribution is 5.76. The van der Waals surface area contributed by atoms with Gasteiger partial charge in [-0.1, -0.05) is 0 Å². The minimum atomic E-state index is -0.0103. The molecule has 0 aliphatic heterocycles. The number of amides is 1. The Morgan fingerprint density at radius 1 is 1.58 bits per heavy atom. The van der Waals surface area contributed by atoms with Gasteiger partial charge in [0.25, 0.3) is 0 Å². The van der Waals surface area contributed by atoms with Gasteiger partial charge in [0.15, 0.2) is 0 Å². The molecule has 1 aliphatic rings. The zero-order chi connectivity index (χ0) is 13.8. The Balaban J connectivity index is 2.11. The van der Waals surface area contributed by atoms with Gasteiger partial charge < -0.3 is 10.2 Å². The third-order valence-electron chi connectivity index (χ3n) is 3.13. The standard InChI is InChI=1S/C13H17N5O/c1-15-12(19)5-6-18(2)11-7-10(8-14)16-13(17-11)9-3-4-9/h7,9H,3-6H2,1-2H3,(H,15,19). The first-order valence-corrected chi connectivity index (χ1v) is 6.35. The maximum absolute atomic E-state index is 11.2. The third-order valence-corrected chi connectivity index (χ3v) is 3.13. The Hall–Kier alpha value is -2.16. The Morgan fingerprint density at radius 3 is 2.89 bits per heavy atom. The molecule has 1 heterocycles. The van der Waals surface area contributed by atoms with Gasteiger partial charge in [-0.15, -0.1) is 0 Å². The second kappa shape index (κ2) is 5.65. The summed E-state index contributed by atoms with van der Waals surface area (Å²) in [7, 11) is 3.48. The molecule has 19 heavy (non-hydrogen) atoms. The molecular weight excluding hydrogens is 242 g/mol. The summed E-state index contributed by atoms with van der Waals surface area (Å²) >= 11 is 0. The first-order chi connectivity index (χ1) is 9.13. The average Bonchev–Trinajstić information content (AvgIpc) is 3.28. The zero-order valence-electron chi connectivity index (χ0n) is 11.2. The van der Waals surface area contributed by atoms with Crippen molar-refractivity contribution in [1.82, 2.24) is 15.3 Å². The van der Waals surface area contributed by atoms with E-state index in [4.69, 9.17) is 5.26 Å². The summed E-state index contributed by atoms with van der Waals surface area (Å²) in [5, 5.41) is 11.6. The molecule has 2 rings (SSSR count). The van der Waals surface area contributed by atoms with E-state index in [2.05, 4.69) is 21.4 Å². The second-order valence-electron chi connectivity index (χ2n) is 4.70. The minimum Gasteiger partial charge on any atom is -0.359 e. The number of hydrogen-bond acceptors (Lipinski definition) is 5. The van der Waals surface area contributed by atoms with Crippen LogP contribution in [0.1, 0.15) is 36.7 Å². The van der Waals surface area contributed by atoms with Gasteiger partial charge in [-0.25, -0.2) is 9.97 Å². The van der Waals surface area contributed by atoms with Crippen molar-refractivity contribution in [2.24, 2.45) is 0 Å². The summed E-state index contributed by atoms with van der Waals surface area (Å²) in [6, 6.07) is 3.73. The number of carbonyl (C=O) groups is 1. The maximum Gasteiger partial charge on any atom is 0.221 e. The predicted octanol–water partition coefficient (Wildman–Crippen LogP) is 0.798. The van der Waals surface area contributed by atoms with Crippen molar-refractivity contribution in [2.45, 2.75) is 25.2 Å². The normalized spacial score (nSPS) is 13.7. The Morgan fingerprint density at radius 2 is 2.32 bits per heavy atom. The Kier molecular flexibility index (Phi) is 3.95. The highest BCUT2D eigenvalue weighted by atomic mass is 16.1. The average molecular weight is 259 g/mol. The first-order valence-electron chi connectivity index (χ1n) is 6.35. The van der Waals surface area contributed by atoms with Gasteiger partial charge in [-0.3, -0.25) is 4.79 Å². The summed E-state index contributed by atoms with van der Waals surface area (Å²) in [6.07, 6.45) is 2.59. The largest absolute Gasteiger partial charge is 0.359 e. The molecule has 0 saturated heterocycles. The van der Waals surface area contributed by atoms with Crippen molar-refractivity contribution in [1.29, 1.82) is 5.26 Å². The van der Waals surface area contributed by atoms with Gasteiger partial charge in [-0.05, 0) is 12.8 Å². The van der Waals surface area contributed by atoms with E-state index in [1.54, 1.807) is 13.1 Å². The van der Waals surface area contributed by atoms with Crippen LogP contribution in [0.3, 0.4) is 0 Å². The zero-order valence-corrected chi connectivity index (χ0v) is 11.2. The molecule has 6 heteroatoms. The number of nitriles is 1. The van der Waals surface area contributed by atoms with Crippen molar-refractivity contribution in [2.75, 3.05) is 25.5 Å². The summed E-state index contributed by atoms with van der Waals surface area (Å²) in [4.78, 5) is 21.8. The summed E-state index contributed by atoms with van der Waals surface area (Å²) < 4.78 is 0. The lowest BCUT2D eigenvalue weighted by molar-refractivity contribution is -0.120. The van der Waals surface area contributed by atoms with E-state index >= 15 is 0 Å². The molecular formula is C13H17N5O. The molecule has 1 aromatic heterocycles. The molecule has 1 saturated carbocycles. The van der Waals surface area contributed by atoms with Crippen molar-refractivity contribution in [3.63, 3.8) is 0 Å². The molecule has 1 aromatic rings. The van der Waals surface area contributed by atoms with E-state index in [9.17, 15) is 4.79 Å². The van der Waals surface area contributed by atoms with E-state index in [1.807, 2.05) is 11.9 Å². The van der Waals surface area contributed by atoms with Crippen LogP contribution >= 0.6 is 0 Å². The van der Waals surface area contributed by atoms with Gasteiger partial charge in [-0.2, -0.15) is 5.26 Å².